The molecule has 17 heavy (non-hydrogen) atoms. The van der Waals surface area contributed by atoms with E-state index in [1.807, 2.05) is 30.3 Å². The van der Waals surface area contributed by atoms with Gasteiger partial charge in [-0.15, -0.1) is 0 Å². The van der Waals surface area contributed by atoms with Crippen molar-refractivity contribution in [2.75, 3.05) is 0 Å². The monoisotopic (exact) mass is 231 g/mol. The zero-order valence-electron chi connectivity index (χ0n) is 10.6. The topological polar surface area (TPSA) is 29.1 Å². The third-order valence-electron chi connectivity index (χ3n) is 3.44. The highest BCUT2D eigenvalue weighted by Gasteiger charge is 2.27. The first kappa shape index (κ1) is 12.2. The summed E-state index contributed by atoms with van der Waals surface area (Å²) in [5.41, 5.74) is 0.758. The predicted molar refractivity (Wildman–Crippen MR) is 69.9 cm³/mol. The Kier molecular flexibility index (Phi) is 3.82. The maximum absolute atomic E-state index is 12.1. The van der Waals surface area contributed by atoms with Crippen LogP contribution in [0.3, 0.4) is 0 Å². The molecule has 1 aliphatic rings. The molecule has 1 saturated carbocycles. The molecule has 1 unspecified atom stereocenters. The largest absolute Gasteiger partial charge is 0.349 e. The summed E-state index contributed by atoms with van der Waals surface area (Å²) in [6.07, 6.45) is 3.81. The SMILES string of the molecule is CC(C)C(CC1CC1)NC(=O)c1ccccc1. The molecule has 1 amide bonds. The van der Waals surface area contributed by atoms with Crippen LogP contribution in [0.15, 0.2) is 30.3 Å². The molecule has 92 valence electrons. The van der Waals surface area contributed by atoms with Gasteiger partial charge in [-0.25, -0.2) is 0 Å². The first-order valence-electron chi connectivity index (χ1n) is 6.52. The van der Waals surface area contributed by atoms with E-state index in [1.54, 1.807) is 0 Å². The minimum absolute atomic E-state index is 0.0601. The Morgan fingerprint density at radius 2 is 1.94 bits per heavy atom. The molecule has 0 spiro atoms. The Morgan fingerprint density at radius 1 is 1.29 bits per heavy atom. The number of rotatable bonds is 5. The molecule has 0 aliphatic heterocycles. The van der Waals surface area contributed by atoms with E-state index in [0.29, 0.717) is 12.0 Å². The molecule has 2 heteroatoms. The van der Waals surface area contributed by atoms with Crippen LogP contribution in [0.2, 0.25) is 0 Å². The lowest BCUT2D eigenvalue weighted by Gasteiger charge is -2.22. The first-order valence-corrected chi connectivity index (χ1v) is 6.52. The smallest absolute Gasteiger partial charge is 0.251 e. The molecular weight excluding hydrogens is 210 g/mol. The van der Waals surface area contributed by atoms with Gasteiger partial charge in [0.2, 0.25) is 0 Å². The van der Waals surface area contributed by atoms with Crippen LogP contribution in [0.1, 0.15) is 43.5 Å². The molecule has 1 aliphatic carbocycles. The van der Waals surface area contributed by atoms with Crippen LogP contribution in [0.4, 0.5) is 0 Å². The minimum atomic E-state index is 0.0601. The molecule has 0 radical (unpaired) electrons. The van der Waals surface area contributed by atoms with E-state index in [0.717, 1.165) is 17.9 Å². The van der Waals surface area contributed by atoms with Crippen LogP contribution in [-0.4, -0.2) is 11.9 Å². The Morgan fingerprint density at radius 3 is 2.47 bits per heavy atom. The van der Waals surface area contributed by atoms with Crippen molar-refractivity contribution in [3.63, 3.8) is 0 Å². The van der Waals surface area contributed by atoms with Crippen molar-refractivity contribution in [2.45, 2.75) is 39.2 Å². The molecule has 0 bridgehead atoms. The average Bonchev–Trinajstić information content (AvgIpc) is 3.13. The number of carbonyl (C=O) groups is 1. The molecule has 1 aromatic rings. The van der Waals surface area contributed by atoms with Gasteiger partial charge in [0, 0.05) is 11.6 Å². The van der Waals surface area contributed by atoms with E-state index in [9.17, 15) is 4.79 Å². The molecule has 0 aromatic heterocycles. The molecule has 0 saturated heterocycles. The Hall–Kier alpha value is -1.31. The number of amides is 1. The quantitative estimate of drug-likeness (QED) is 0.828. The van der Waals surface area contributed by atoms with Crippen molar-refractivity contribution in [1.29, 1.82) is 0 Å². The molecule has 1 fully saturated rings. The van der Waals surface area contributed by atoms with Crippen LogP contribution in [0.5, 0.6) is 0 Å². The van der Waals surface area contributed by atoms with Gasteiger partial charge in [0.05, 0.1) is 0 Å². The average molecular weight is 231 g/mol. The van der Waals surface area contributed by atoms with Crippen LogP contribution in [0, 0.1) is 11.8 Å². The highest BCUT2D eigenvalue weighted by molar-refractivity contribution is 5.94. The second-order valence-electron chi connectivity index (χ2n) is 5.37. The maximum atomic E-state index is 12.1. The van der Waals surface area contributed by atoms with Gasteiger partial charge in [0.25, 0.3) is 5.91 Å². The van der Waals surface area contributed by atoms with Crippen LogP contribution < -0.4 is 5.32 Å². The van der Waals surface area contributed by atoms with Crippen molar-refractivity contribution in [2.24, 2.45) is 11.8 Å². The van der Waals surface area contributed by atoms with Gasteiger partial charge < -0.3 is 5.32 Å². The standard InChI is InChI=1S/C15H21NO/c1-11(2)14(10-12-8-9-12)16-15(17)13-6-4-3-5-7-13/h3-7,11-12,14H,8-10H2,1-2H3,(H,16,17). The Labute approximate surface area is 103 Å². The van der Waals surface area contributed by atoms with E-state index >= 15 is 0 Å². The number of carbonyl (C=O) groups excluding carboxylic acids is 1. The van der Waals surface area contributed by atoms with E-state index in [2.05, 4.69) is 19.2 Å². The lowest BCUT2D eigenvalue weighted by molar-refractivity contribution is 0.0921. The second kappa shape index (κ2) is 5.35. The third-order valence-corrected chi connectivity index (χ3v) is 3.44. The van der Waals surface area contributed by atoms with Gasteiger partial charge in [0.15, 0.2) is 0 Å². The van der Waals surface area contributed by atoms with Crippen molar-refractivity contribution in [3.05, 3.63) is 35.9 Å². The zero-order valence-corrected chi connectivity index (χ0v) is 10.6. The molecule has 1 aromatic carbocycles. The van der Waals surface area contributed by atoms with Gasteiger partial charge in [-0.3, -0.25) is 4.79 Å². The summed E-state index contributed by atoms with van der Waals surface area (Å²) >= 11 is 0. The molecule has 2 nitrogen and oxygen atoms in total. The summed E-state index contributed by atoms with van der Waals surface area (Å²) in [6, 6.07) is 9.78. The van der Waals surface area contributed by atoms with Gasteiger partial charge in [-0.2, -0.15) is 0 Å². The zero-order chi connectivity index (χ0) is 12.3. The van der Waals surface area contributed by atoms with Crippen molar-refractivity contribution >= 4 is 5.91 Å². The van der Waals surface area contributed by atoms with Crippen molar-refractivity contribution in [3.8, 4) is 0 Å². The molecule has 2 rings (SSSR count). The van der Waals surface area contributed by atoms with Crippen LogP contribution in [0.25, 0.3) is 0 Å². The first-order chi connectivity index (χ1) is 8.16. The molecule has 1 atom stereocenters. The minimum Gasteiger partial charge on any atom is -0.349 e. The molecule has 0 heterocycles. The molecular formula is C15H21NO. The summed E-state index contributed by atoms with van der Waals surface area (Å²) in [4.78, 5) is 12.1. The van der Waals surface area contributed by atoms with Gasteiger partial charge >= 0.3 is 0 Å². The fraction of sp³-hybridized carbons (Fsp3) is 0.533. The lowest BCUT2D eigenvalue weighted by Crippen LogP contribution is -2.38. The summed E-state index contributed by atoms with van der Waals surface area (Å²) in [5.74, 6) is 1.41. The summed E-state index contributed by atoms with van der Waals surface area (Å²) < 4.78 is 0. The van der Waals surface area contributed by atoms with E-state index in [4.69, 9.17) is 0 Å². The fourth-order valence-corrected chi connectivity index (χ4v) is 2.05. The van der Waals surface area contributed by atoms with E-state index in [-0.39, 0.29) is 5.91 Å². The number of nitrogens with one attached hydrogen (secondary N) is 1. The van der Waals surface area contributed by atoms with Gasteiger partial charge in [-0.1, -0.05) is 44.9 Å². The van der Waals surface area contributed by atoms with E-state index in [1.165, 1.54) is 12.8 Å². The normalized spacial score (nSPS) is 16.9. The van der Waals surface area contributed by atoms with Crippen molar-refractivity contribution < 1.29 is 4.79 Å². The van der Waals surface area contributed by atoms with E-state index < -0.39 is 0 Å². The second-order valence-corrected chi connectivity index (χ2v) is 5.37. The highest BCUT2D eigenvalue weighted by atomic mass is 16.1. The Bertz CT molecular complexity index is 368. The van der Waals surface area contributed by atoms with Crippen molar-refractivity contribution in [1.82, 2.24) is 5.32 Å². The maximum Gasteiger partial charge on any atom is 0.251 e. The Balaban J connectivity index is 1.95. The van der Waals surface area contributed by atoms with Gasteiger partial charge in [-0.05, 0) is 30.4 Å². The number of benzene rings is 1. The summed E-state index contributed by atoms with van der Waals surface area (Å²) in [5, 5.41) is 3.17. The van der Waals surface area contributed by atoms with Gasteiger partial charge in [0.1, 0.15) is 0 Å². The number of hydrogen-bond donors (Lipinski definition) is 1. The number of hydrogen-bond acceptors (Lipinski definition) is 1. The highest BCUT2D eigenvalue weighted by Crippen LogP contribution is 2.34. The summed E-state index contributed by atoms with van der Waals surface area (Å²) in [7, 11) is 0. The summed E-state index contributed by atoms with van der Waals surface area (Å²) in [6.45, 7) is 4.36. The predicted octanol–water partition coefficient (Wildman–Crippen LogP) is 3.24. The van der Waals surface area contributed by atoms with Crippen LogP contribution >= 0.6 is 0 Å². The third kappa shape index (κ3) is 3.58. The molecule has 1 N–H and O–H groups in total. The fourth-order valence-electron chi connectivity index (χ4n) is 2.05. The lowest BCUT2D eigenvalue weighted by atomic mass is 9.98. The van der Waals surface area contributed by atoms with Crippen LogP contribution in [-0.2, 0) is 0 Å².